The SMILES string of the molecule is Fc1ccc(Cl)c([C@@H](N2CCNCC2)C(F)(F)F)c1. The third-order valence-corrected chi connectivity index (χ3v) is 3.42. The molecule has 0 aliphatic carbocycles. The number of nitrogens with one attached hydrogen (secondary N) is 1. The van der Waals surface area contributed by atoms with Crippen molar-refractivity contribution in [2.45, 2.75) is 12.2 Å². The van der Waals surface area contributed by atoms with Crippen LogP contribution in [0.1, 0.15) is 11.6 Å². The van der Waals surface area contributed by atoms with E-state index < -0.39 is 18.0 Å². The Labute approximate surface area is 113 Å². The normalized spacial score (nSPS) is 19.4. The van der Waals surface area contributed by atoms with Gasteiger partial charge in [0.05, 0.1) is 0 Å². The Balaban J connectivity index is 2.39. The molecule has 19 heavy (non-hydrogen) atoms. The van der Waals surface area contributed by atoms with Gasteiger partial charge in [0.1, 0.15) is 11.9 Å². The second kappa shape index (κ2) is 5.64. The van der Waals surface area contributed by atoms with E-state index >= 15 is 0 Å². The monoisotopic (exact) mass is 296 g/mol. The molecule has 106 valence electrons. The Morgan fingerprint density at radius 1 is 1.21 bits per heavy atom. The van der Waals surface area contributed by atoms with Crippen LogP contribution in [-0.2, 0) is 0 Å². The van der Waals surface area contributed by atoms with E-state index in [2.05, 4.69) is 5.32 Å². The van der Waals surface area contributed by atoms with E-state index in [1.165, 1.54) is 4.90 Å². The van der Waals surface area contributed by atoms with E-state index in [0.29, 0.717) is 13.1 Å². The maximum atomic E-state index is 13.3. The first-order valence-electron chi connectivity index (χ1n) is 5.86. The molecule has 1 atom stereocenters. The van der Waals surface area contributed by atoms with Gasteiger partial charge < -0.3 is 5.32 Å². The molecule has 0 saturated carbocycles. The van der Waals surface area contributed by atoms with Crippen LogP contribution in [0.5, 0.6) is 0 Å². The number of nitrogens with zero attached hydrogens (tertiary/aromatic N) is 1. The quantitative estimate of drug-likeness (QED) is 0.844. The van der Waals surface area contributed by atoms with Crippen LogP contribution < -0.4 is 5.32 Å². The summed E-state index contributed by atoms with van der Waals surface area (Å²) in [6.07, 6.45) is -4.49. The van der Waals surface area contributed by atoms with Crippen molar-refractivity contribution in [3.63, 3.8) is 0 Å². The van der Waals surface area contributed by atoms with Crippen LogP contribution in [0.3, 0.4) is 0 Å². The standard InChI is InChI=1S/C12H13ClF4N2/c13-10-2-1-8(14)7-9(10)11(12(15,16)17)19-5-3-18-4-6-19/h1-2,7,11,18H,3-6H2/t11-/m1/s1. The van der Waals surface area contributed by atoms with Gasteiger partial charge in [-0.25, -0.2) is 4.39 Å². The molecular formula is C12H13ClF4N2. The van der Waals surface area contributed by atoms with Gasteiger partial charge in [-0.1, -0.05) is 11.6 Å². The lowest BCUT2D eigenvalue weighted by molar-refractivity contribution is -0.187. The number of piperazine rings is 1. The van der Waals surface area contributed by atoms with E-state index in [-0.39, 0.29) is 23.7 Å². The molecule has 0 unspecified atom stereocenters. The molecule has 0 amide bonds. The van der Waals surface area contributed by atoms with Crippen molar-refractivity contribution in [2.75, 3.05) is 26.2 Å². The van der Waals surface area contributed by atoms with Crippen molar-refractivity contribution in [1.82, 2.24) is 10.2 Å². The average molecular weight is 297 g/mol. The van der Waals surface area contributed by atoms with Gasteiger partial charge in [-0.15, -0.1) is 0 Å². The minimum absolute atomic E-state index is 0.0674. The zero-order valence-corrected chi connectivity index (χ0v) is 10.7. The van der Waals surface area contributed by atoms with Crippen LogP contribution in [-0.4, -0.2) is 37.3 Å². The molecule has 1 aromatic rings. The molecule has 1 N–H and O–H groups in total. The maximum absolute atomic E-state index is 13.3. The molecule has 2 nitrogen and oxygen atoms in total. The Morgan fingerprint density at radius 3 is 2.42 bits per heavy atom. The summed E-state index contributed by atoms with van der Waals surface area (Å²) >= 11 is 5.81. The molecule has 1 heterocycles. The zero-order chi connectivity index (χ0) is 14.0. The average Bonchev–Trinajstić information content (AvgIpc) is 2.33. The summed E-state index contributed by atoms with van der Waals surface area (Å²) < 4.78 is 53.0. The Kier molecular flexibility index (Phi) is 4.32. The maximum Gasteiger partial charge on any atom is 0.408 e. The molecule has 0 bridgehead atoms. The van der Waals surface area contributed by atoms with E-state index in [4.69, 9.17) is 11.6 Å². The van der Waals surface area contributed by atoms with Gasteiger partial charge in [-0.3, -0.25) is 4.90 Å². The summed E-state index contributed by atoms with van der Waals surface area (Å²) in [5.74, 6) is -0.719. The Hall–Kier alpha value is -0.850. The summed E-state index contributed by atoms with van der Waals surface area (Å²) in [4.78, 5) is 1.27. The summed E-state index contributed by atoms with van der Waals surface area (Å²) in [7, 11) is 0. The largest absolute Gasteiger partial charge is 0.408 e. The fraction of sp³-hybridized carbons (Fsp3) is 0.500. The fourth-order valence-corrected chi connectivity index (χ4v) is 2.47. The highest BCUT2D eigenvalue weighted by Crippen LogP contribution is 2.40. The number of hydrogen-bond acceptors (Lipinski definition) is 2. The van der Waals surface area contributed by atoms with E-state index in [9.17, 15) is 17.6 Å². The number of rotatable bonds is 2. The van der Waals surface area contributed by atoms with Gasteiger partial charge in [0, 0.05) is 31.2 Å². The predicted octanol–water partition coefficient (Wildman–Crippen LogP) is 2.99. The molecule has 1 aliphatic rings. The number of hydrogen-bond donors (Lipinski definition) is 1. The van der Waals surface area contributed by atoms with Crippen LogP contribution in [0.2, 0.25) is 5.02 Å². The van der Waals surface area contributed by atoms with E-state index in [0.717, 1.165) is 18.2 Å². The van der Waals surface area contributed by atoms with Crippen molar-refractivity contribution in [3.8, 4) is 0 Å². The molecule has 1 fully saturated rings. The highest BCUT2D eigenvalue weighted by atomic mass is 35.5. The second-order valence-electron chi connectivity index (χ2n) is 4.40. The van der Waals surface area contributed by atoms with Crippen LogP contribution in [0.25, 0.3) is 0 Å². The van der Waals surface area contributed by atoms with Crippen molar-refractivity contribution in [3.05, 3.63) is 34.6 Å². The first-order valence-corrected chi connectivity index (χ1v) is 6.24. The van der Waals surface area contributed by atoms with Crippen LogP contribution in [0.15, 0.2) is 18.2 Å². The molecule has 7 heteroatoms. The lowest BCUT2D eigenvalue weighted by Crippen LogP contribution is -2.49. The summed E-state index contributed by atoms with van der Waals surface area (Å²) in [5, 5.41) is 2.92. The highest BCUT2D eigenvalue weighted by Gasteiger charge is 2.45. The van der Waals surface area contributed by atoms with Gasteiger partial charge in [0.15, 0.2) is 0 Å². The summed E-state index contributed by atoms with van der Waals surface area (Å²) in [6, 6.07) is 1.21. The Bertz CT molecular complexity index is 444. The molecule has 0 aromatic heterocycles. The topological polar surface area (TPSA) is 15.3 Å². The number of alkyl halides is 3. The molecule has 1 saturated heterocycles. The smallest absolute Gasteiger partial charge is 0.314 e. The minimum Gasteiger partial charge on any atom is -0.314 e. The van der Waals surface area contributed by atoms with Gasteiger partial charge in [-0.05, 0) is 23.8 Å². The highest BCUT2D eigenvalue weighted by molar-refractivity contribution is 6.31. The molecular weight excluding hydrogens is 284 g/mol. The lowest BCUT2D eigenvalue weighted by atomic mass is 10.0. The third-order valence-electron chi connectivity index (χ3n) is 3.08. The molecule has 1 aliphatic heterocycles. The van der Waals surface area contributed by atoms with Gasteiger partial charge in [0.25, 0.3) is 0 Å². The van der Waals surface area contributed by atoms with Crippen molar-refractivity contribution in [1.29, 1.82) is 0 Å². The van der Waals surface area contributed by atoms with Crippen molar-refractivity contribution < 1.29 is 17.6 Å². The van der Waals surface area contributed by atoms with E-state index in [1.54, 1.807) is 0 Å². The lowest BCUT2D eigenvalue weighted by Gasteiger charge is -2.36. The predicted molar refractivity (Wildman–Crippen MR) is 64.6 cm³/mol. The number of halogens is 5. The van der Waals surface area contributed by atoms with Crippen molar-refractivity contribution >= 4 is 11.6 Å². The number of benzene rings is 1. The van der Waals surface area contributed by atoms with Gasteiger partial charge >= 0.3 is 6.18 Å². The first-order chi connectivity index (χ1) is 8.89. The van der Waals surface area contributed by atoms with Crippen molar-refractivity contribution in [2.24, 2.45) is 0 Å². The fourth-order valence-electron chi connectivity index (χ4n) is 2.24. The van der Waals surface area contributed by atoms with Crippen LogP contribution >= 0.6 is 11.6 Å². The summed E-state index contributed by atoms with van der Waals surface area (Å²) in [5.41, 5.74) is -0.226. The zero-order valence-electron chi connectivity index (χ0n) is 9.97. The van der Waals surface area contributed by atoms with Crippen LogP contribution in [0, 0.1) is 5.82 Å². The van der Waals surface area contributed by atoms with E-state index in [1.807, 2.05) is 0 Å². The van der Waals surface area contributed by atoms with Gasteiger partial charge in [0.2, 0.25) is 0 Å². The second-order valence-corrected chi connectivity index (χ2v) is 4.80. The molecule has 0 radical (unpaired) electrons. The first kappa shape index (κ1) is 14.6. The minimum atomic E-state index is -4.49. The van der Waals surface area contributed by atoms with Gasteiger partial charge in [-0.2, -0.15) is 13.2 Å². The van der Waals surface area contributed by atoms with Crippen LogP contribution in [0.4, 0.5) is 17.6 Å². The summed E-state index contributed by atoms with van der Waals surface area (Å²) in [6.45, 7) is 1.44. The molecule has 0 spiro atoms. The third kappa shape index (κ3) is 3.38. The molecule has 1 aromatic carbocycles. The molecule has 2 rings (SSSR count). The Morgan fingerprint density at radius 2 is 1.84 bits per heavy atom.